The summed E-state index contributed by atoms with van der Waals surface area (Å²) in [6.45, 7) is 5.32. The average molecular weight is 507 g/mol. The number of aryl methyl sites for hydroxylation is 2. The number of hydrogen-bond acceptors (Lipinski definition) is 4. The van der Waals surface area contributed by atoms with Gasteiger partial charge >= 0.3 is 0 Å². The molecule has 1 unspecified atom stereocenters. The number of fused-ring (bicyclic) bond motifs is 1. The van der Waals surface area contributed by atoms with E-state index in [4.69, 9.17) is 32.5 Å². The van der Waals surface area contributed by atoms with Crippen LogP contribution >= 0.6 is 11.6 Å². The Morgan fingerprint density at radius 3 is 2.61 bits per heavy atom. The van der Waals surface area contributed by atoms with Gasteiger partial charge in [0.2, 0.25) is 0 Å². The van der Waals surface area contributed by atoms with Crippen LogP contribution in [0.4, 0.5) is 5.69 Å². The maximum absolute atomic E-state index is 13.5. The lowest BCUT2D eigenvalue weighted by Gasteiger charge is -2.35. The first-order valence-corrected chi connectivity index (χ1v) is 12.3. The summed E-state index contributed by atoms with van der Waals surface area (Å²) >= 11 is 6.23. The number of nitrogens with zero attached hydrogens (tertiary/aromatic N) is 2. The molecule has 0 fully saturated rings. The van der Waals surface area contributed by atoms with Crippen molar-refractivity contribution in [2.45, 2.75) is 39.3 Å². The zero-order chi connectivity index (χ0) is 25.7. The van der Waals surface area contributed by atoms with Crippen LogP contribution in [-0.4, -0.2) is 31.1 Å². The first-order valence-electron chi connectivity index (χ1n) is 11.9. The van der Waals surface area contributed by atoms with Crippen LogP contribution in [-0.2, 0) is 17.8 Å². The lowest BCUT2D eigenvalue weighted by Crippen LogP contribution is -2.46. The number of rotatable bonds is 9. The molecule has 0 bridgehead atoms. The van der Waals surface area contributed by atoms with E-state index >= 15 is 0 Å². The number of anilines is 1. The van der Waals surface area contributed by atoms with E-state index < -0.39 is 6.10 Å². The fourth-order valence-corrected chi connectivity index (χ4v) is 4.31. The van der Waals surface area contributed by atoms with Crippen LogP contribution in [0.3, 0.4) is 0 Å². The molecule has 3 aromatic carbocycles. The van der Waals surface area contributed by atoms with Crippen LogP contribution in [0.15, 0.2) is 65.7 Å². The van der Waals surface area contributed by atoms with Gasteiger partial charge in [0, 0.05) is 18.0 Å². The molecule has 1 atom stereocenters. The van der Waals surface area contributed by atoms with Crippen LogP contribution in [0.25, 0.3) is 0 Å². The van der Waals surface area contributed by atoms with E-state index in [1.165, 1.54) is 0 Å². The van der Waals surface area contributed by atoms with Gasteiger partial charge in [-0.1, -0.05) is 35.9 Å². The third-order valence-electron chi connectivity index (χ3n) is 6.12. The largest absolute Gasteiger partial charge is 0.493 e. The molecule has 7 nitrogen and oxygen atoms in total. The van der Waals surface area contributed by atoms with E-state index in [1.54, 1.807) is 4.90 Å². The van der Waals surface area contributed by atoms with E-state index in [0.29, 0.717) is 36.9 Å². The number of hydrogen-bond donors (Lipinski definition) is 2. The van der Waals surface area contributed by atoms with Gasteiger partial charge < -0.3 is 25.8 Å². The standard InChI is InChI=1S/C28H31ClN4O3/c1-18-3-10-24-26(15-18)36-25(27(34)33(24)17-21-16-22(29)7-4-19(21)2)12-14-35-23-8-5-20(6-9-23)11-13-32-28(30)31/h3-10,15-16,25H,11-14,17H2,1-2H3,(H4,30,31,32). The lowest BCUT2D eigenvalue weighted by molar-refractivity contribution is -0.127. The van der Waals surface area contributed by atoms with Gasteiger partial charge in [0.25, 0.3) is 5.91 Å². The molecule has 1 aliphatic rings. The van der Waals surface area contributed by atoms with E-state index in [0.717, 1.165) is 40.1 Å². The topological polar surface area (TPSA) is 103 Å². The Kier molecular flexibility index (Phi) is 8.00. The van der Waals surface area contributed by atoms with E-state index in [9.17, 15) is 4.79 Å². The third-order valence-corrected chi connectivity index (χ3v) is 6.36. The molecule has 1 aliphatic heterocycles. The summed E-state index contributed by atoms with van der Waals surface area (Å²) in [4.78, 5) is 19.3. The first-order chi connectivity index (χ1) is 17.3. The van der Waals surface area contributed by atoms with Gasteiger partial charge in [-0.05, 0) is 78.9 Å². The quantitative estimate of drug-likeness (QED) is 0.327. The number of guanidine groups is 1. The second kappa shape index (κ2) is 11.4. The van der Waals surface area contributed by atoms with Crippen molar-refractivity contribution in [1.29, 1.82) is 0 Å². The fourth-order valence-electron chi connectivity index (χ4n) is 4.11. The Balaban J connectivity index is 1.43. The SMILES string of the molecule is Cc1ccc2c(c1)OC(CCOc1ccc(CCN=C(N)N)cc1)C(=O)N2Cc1cc(Cl)ccc1C. The number of amides is 1. The first kappa shape index (κ1) is 25.4. The summed E-state index contributed by atoms with van der Waals surface area (Å²) in [5, 5.41) is 0.646. The van der Waals surface area contributed by atoms with Gasteiger partial charge in [-0.3, -0.25) is 9.79 Å². The monoisotopic (exact) mass is 506 g/mol. The molecule has 0 radical (unpaired) electrons. The predicted octanol–water partition coefficient (Wildman–Crippen LogP) is 4.54. The summed E-state index contributed by atoms with van der Waals surface area (Å²) in [6, 6.07) is 19.4. The Labute approximate surface area is 216 Å². The summed E-state index contributed by atoms with van der Waals surface area (Å²) < 4.78 is 12.1. The second-order valence-corrected chi connectivity index (χ2v) is 9.35. The molecule has 1 heterocycles. The van der Waals surface area contributed by atoms with Crippen LogP contribution in [0, 0.1) is 13.8 Å². The molecule has 0 saturated carbocycles. The van der Waals surface area contributed by atoms with Crippen molar-refractivity contribution < 1.29 is 14.3 Å². The van der Waals surface area contributed by atoms with Crippen LogP contribution in [0.5, 0.6) is 11.5 Å². The number of benzene rings is 3. The molecule has 4 N–H and O–H groups in total. The Hall–Kier alpha value is -3.71. The highest BCUT2D eigenvalue weighted by Gasteiger charge is 2.34. The van der Waals surface area contributed by atoms with Crippen molar-refractivity contribution in [1.82, 2.24) is 0 Å². The van der Waals surface area contributed by atoms with Gasteiger partial charge in [0.05, 0.1) is 18.8 Å². The van der Waals surface area contributed by atoms with Crippen molar-refractivity contribution in [3.63, 3.8) is 0 Å². The third kappa shape index (κ3) is 6.29. The number of carbonyl (C=O) groups excluding carboxylic acids is 1. The number of halogens is 1. The summed E-state index contributed by atoms with van der Waals surface area (Å²) in [7, 11) is 0. The van der Waals surface area contributed by atoms with Crippen LogP contribution < -0.4 is 25.8 Å². The fraction of sp³-hybridized carbons (Fsp3) is 0.286. The maximum Gasteiger partial charge on any atom is 0.268 e. The highest BCUT2D eigenvalue weighted by molar-refractivity contribution is 6.30. The minimum Gasteiger partial charge on any atom is -0.493 e. The number of aliphatic imine (C=N–C) groups is 1. The van der Waals surface area contributed by atoms with Crippen molar-refractivity contribution in [3.8, 4) is 11.5 Å². The number of ether oxygens (including phenoxy) is 2. The molecule has 0 spiro atoms. The number of nitrogens with two attached hydrogens (primary N) is 2. The van der Waals surface area contributed by atoms with Gasteiger partial charge in [-0.2, -0.15) is 0 Å². The molecule has 188 valence electrons. The van der Waals surface area contributed by atoms with Crippen LogP contribution in [0.2, 0.25) is 5.02 Å². The maximum atomic E-state index is 13.5. The normalized spacial score (nSPS) is 14.7. The summed E-state index contributed by atoms with van der Waals surface area (Å²) in [5.41, 5.74) is 15.7. The lowest BCUT2D eigenvalue weighted by atomic mass is 10.0. The van der Waals surface area contributed by atoms with Crippen molar-refractivity contribution >= 4 is 29.2 Å². The molecule has 3 aromatic rings. The second-order valence-electron chi connectivity index (χ2n) is 8.91. The van der Waals surface area contributed by atoms with E-state index in [2.05, 4.69) is 4.99 Å². The van der Waals surface area contributed by atoms with Crippen LogP contribution in [0.1, 0.15) is 28.7 Å². The molecular formula is C28H31ClN4O3. The Morgan fingerprint density at radius 1 is 1.08 bits per heavy atom. The van der Waals surface area contributed by atoms with E-state index in [-0.39, 0.29) is 11.9 Å². The molecule has 0 saturated heterocycles. The molecule has 4 rings (SSSR count). The molecule has 0 aromatic heterocycles. The molecule has 36 heavy (non-hydrogen) atoms. The van der Waals surface area contributed by atoms with Gasteiger partial charge in [0.1, 0.15) is 11.5 Å². The van der Waals surface area contributed by atoms with Gasteiger partial charge in [-0.15, -0.1) is 0 Å². The zero-order valence-corrected chi connectivity index (χ0v) is 21.3. The minimum absolute atomic E-state index is 0.0912. The minimum atomic E-state index is -0.641. The van der Waals surface area contributed by atoms with Gasteiger partial charge in [-0.25, -0.2) is 0 Å². The van der Waals surface area contributed by atoms with E-state index in [1.807, 2.05) is 74.5 Å². The Bertz CT molecular complexity index is 1260. The van der Waals surface area contributed by atoms with Crippen molar-refractivity contribution in [3.05, 3.63) is 87.9 Å². The number of carbonyl (C=O) groups is 1. The van der Waals surface area contributed by atoms with Crippen molar-refractivity contribution in [2.24, 2.45) is 16.5 Å². The molecule has 0 aliphatic carbocycles. The van der Waals surface area contributed by atoms with Crippen molar-refractivity contribution in [2.75, 3.05) is 18.1 Å². The highest BCUT2D eigenvalue weighted by atomic mass is 35.5. The highest BCUT2D eigenvalue weighted by Crippen LogP contribution is 2.37. The molecule has 1 amide bonds. The molecule has 8 heteroatoms. The predicted molar refractivity (Wildman–Crippen MR) is 144 cm³/mol. The smallest absolute Gasteiger partial charge is 0.268 e. The van der Waals surface area contributed by atoms with Gasteiger partial charge in [0.15, 0.2) is 12.1 Å². The summed E-state index contributed by atoms with van der Waals surface area (Å²) in [5.74, 6) is 1.42. The summed E-state index contributed by atoms with van der Waals surface area (Å²) in [6.07, 6.45) is 0.518. The zero-order valence-electron chi connectivity index (χ0n) is 20.5. The molecular weight excluding hydrogens is 476 g/mol. The average Bonchev–Trinajstić information content (AvgIpc) is 2.84. The Morgan fingerprint density at radius 2 is 1.86 bits per heavy atom.